The van der Waals surface area contributed by atoms with Crippen molar-refractivity contribution in [1.82, 2.24) is 9.97 Å². The quantitative estimate of drug-likeness (QED) is 0.845. The summed E-state index contributed by atoms with van der Waals surface area (Å²) in [4.78, 5) is 11.2. The minimum Gasteiger partial charge on any atom is -0.369 e. The van der Waals surface area contributed by atoms with E-state index < -0.39 is 0 Å². The number of piperidine rings is 1. The first kappa shape index (κ1) is 11.2. The Hall–Kier alpha value is -1.32. The summed E-state index contributed by atoms with van der Waals surface area (Å²) in [6.45, 7) is 5.34. The summed E-state index contributed by atoms with van der Waals surface area (Å²) in [7, 11) is 0. The van der Waals surface area contributed by atoms with Crippen LogP contribution < -0.4 is 10.2 Å². The molecular weight excluding hydrogens is 200 g/mol. The summed E-state index contributed by atoms with van der Waals surface area (Å²) in [5, 5.41) is 3.27. The van der Waals surface area contributed by atoms with Gasteiger partial charge < -0.3 is 10.2 Å². The van der Waals surface area contributed by atoms with Crippen molar-refractivity contribution in [3.8, 4) is 0 Å². The van der Waals surface area contributed by atoms with Gasteiger partial charge >= 0.3 is 0 Å². The minimum atomic E-state index is 0.893. The van der Waals surface area contributed by atoms with Crippen LogP contribution in [0, 0.1) is 0 Å². The molecule has 1 N–H and O–H groups in total. The van der Waals surface area contributed by atoms with Crippen LogP contribution >= 0.6 is 0 Å². The third kappa shape index (κ3) is 2.84. The Balaban J connectivity index is 2.02. The second-order valence-electron chi connectivity index (χ2n) is 4.24. The van der Waals surface area contributed by atoms with Gasteiger partial charge in [0.25, 0.3) is 0 Å². The zero-order valence-corrected chi connectivity index (χ0v) is 9.95. The molecule has 1 saturated heterocycles. The molecule has 0 spiro atoms. The van der Waals surface area contributed by atoms with Gasteiger partial charge in [0.1, 0.15) is 11.6 Å². The molecular formula is C12H20N4. The van der Waals surface area contributed by atoms with Gasteiger partial charge in [-0.05, 0) is 25.7 Å². The van der Waals surface area contributed by atoms with E-state index in [1.165, 1.54) is 19.3 Å². The van der Waals surface area contributed by atoms with Crippen molar-refractivity contribution in [2.75, 3.05) is 29.9 Å². The molecule has 4 nitrogen and oxygen atoms in total. The van der Waals surface area contributed by atoms with Crippen molar-refractivity contribution in [2.45, 2.75) is 32.6 Å². The highest BCUT2D eigenvalue weighted by Gasteiger charge is 2.12. The third-order valence-electron chi connectivity index (χ3n) is 2.86. The van der Waals surface area contributed by atoms with Crippen LogP contribution in [-0.2, 0) is 0 Å². The summed E-state index contributed by atoms with van der Waals surface area (Å²) in [6, 6.07) is 0. The van der Waals surface area contributed by atoms with Crippen molar-refractivity contribution < 1.29 is 0 Å². The topological polar surface area (TPSA) is 41.1 Å². The van der Waals surface area contributed by atoms with Crippen LogP contribution in [0.1, 0.15) is 32.6 Å². The van der Waals surface area contributed by atoms with E-state index in [2.05, 4.69) is 27.1 Å². The highest BCUT2D eigenvalue weighted by molar-refractivity contribution is 5.43. The molecule has 1 aliphatic heterocycles. The van der Waals surface area contributed by atoms with Gasteiger partial charge in [0, 0.05) is 19.6 Å². The Morgan fingerprint density at radius 1 is 1.25 bits per heavy atom. The molecule has 1 aromatic heterocycles. The number of nitrogens with zero attached hydrogens (tertiary/aromatic N) is 3. The second-order valence-corrected chi connectivity index (χ2v) is 4.24. The third-order valence-corrected chi connectivity index (χ3v) is 2.86. The maximum atomic E-state index is 4.59. The molecule has 88 valence electrons. The molecule has 0 bridgehead atoms. The molecule has 0 atom stereocenters. The van der Waals surface area contributed by atoms with Crippen LogP contribution in [0.4, 0.5) is 11.6 Å². The van der Waals surface area contributed by atoms with E-state index in [-0.39, 0.29) is 0 Å². The average molecular weight is 220 g/mol. The zero-order chi connectivity index (χ0) is 11.2. The lowest BCUT2D eigenvalue weighted by Gasteiger charge is -2.27. The number of anilines is 2. The van der Waals surface area contributed by atoms with Crippen molar-refractivity contribution in [3.63, 3.8) is 0 Å². The molecule has 0 unspecified atom stereocenters. The predicted octanol–water partition coefficient (Wildman–Crippen LogP) is 2.29. The lowest BCUT2D eigenvalue weighted by Crippen LogP contribution is -2.30. The molecule has 0 radical (unpaired) electrons. The lowest BCUT2D eigenvalue weighted by molar-refractivity contribution is 0.573. The fourth-order valence-electron chi connectivity index (χ4n) is 1.97. The SMILES string of the molecule is CCCNc1cncc(N2CCCCC2)n1. The highest BCUT2D eigenvalue weighted by atomic mass is 15.2. The molecule has 1 aromatic rings. The predicted molar refractivity (Wildman–Crippen MR) is 66.9 cm³/mol. The summed E-state index contributed by atoms with van der Waals surface area (Å²) < 4.78 is 0. The van der Waals surface area contributed by atoms with Gasteiger partial charge in [-0.25, -0.2) is 4.98 Å². The Morgan fingerprint density at radius 3 is 2.81 bits per heavy atom. The van der Waals surface area contributed by atoms with Gasteiger partial charge in [-0.1, -0.05) is 6.92 Å². The summed E-state index contributed by atoms with van der Waals surface area (Å²) in [5.41, 5.74) is 0. The standard InChI is InChI=1S/C12H20N4/c1-2-6-14-11-9-13-10-12(15-11)16-7-4-3-5-8-16/h9-10H,2-8H2,1H3,(H,14,15). The summed E-state index contributed by atoms with van der Waals surface area (Å²) in [6.07, 6.45) is 8.65. The van der Waals surface area contributed by atoms with Crippen molar-refractivity contribution in [3.05, 3.63) is 12.4 Å². The average Bonchev–Trinajstić information content (AvgIpc) is 2.38. The number of nitrogens with one attached hydrogen (secondary N) is 1. The highest BCUT2D eigenvalue weighted by Crippen LogP contribution is 2.17. The Morgan fingerprint density at radius 2 is 2.06 bits per heavy atom. The molecule has 16 heavy (non-hydrogen) atoms. The first-order chi connectivity index (χ1) is 7.90. The van der Waals surface area contributed by atoms with E-state index in [1.54, 1.807) is 6.20 Å². The zero-order valence-electron chi connectivity index (χ0n) is 9.95. The Labute approximate surface area is 97.1 Å². The largest absolute Gasteiger partial charge is 0.369 e. The number of aromatic nitrogens is 2. The maximum absolute atomic E-state index is 4.59. The van der Waals surface area contributed by atoms with Crippen LogP contribution in [0.25, 0.3) is 0 Å². The first-order valence-corrected chi connectivity index (χ1v) is 6.21. The van der Waals surface area contributed by atoms with Gasteiger partial charge in [-0.2, -0.15) is 0 Å². The van der Waals surface area contributed by atoms with E-state index >= 15 is 0 Å². The van der Waals surface area contributed by atoms with Gasteiger partial charge in [0.2, 0.25) is 0 Å². The summed E-state index contributed by atoms with van der Waals surface area (Å²) >= 11 is 0. The fraction of sp³-hybridized carbons (Fsp3) is 0.667. The van der Waals surface area contributed by atoms with Crippen LogP contribution in [-0.4, -0.2) is 29.6 Å². The molecule has 2 rings (SSSR count). The monoisotopic (exact) mass is 220 g/mol. The van der Waals surface area contributed by atoms with Crippen LogP contribution in [0.3, 0.4) is 0 Å². The molecule has 0 aromatic carbocycles. The van der Waals surface area contributed by atoms with E-state index in [9.17, 15) is 0 Å². The van der Waals surface area contributed by atoms with Crippen LogP contribution in [0.15, 0.2) is 12.4 Å². The van der Waals surface area contributed by atoms with E-state index in [4.69, 9.17) is 0 Å². The maximum Gasteiger partial charge on any atom is 0.149 e. The lowest BCUT2D eigenvalue weighted by atomic mass is 10.1. The smallest absolute Gasteiger partial charge is 0.149 e. The van der Waals surface area contributed by atoms with Gasteiger partial charge in [-0.3, -0.25) is 4.98 Å². The van der Waals surface area contributed by atoms with Crippen molar-refractivity contribution in [2.24, 2.45) is 0 Å². The number of hydrogen-bond donors (Lipinski definition) is 1. The number of rotatable bonds is 4. The Bertz CT molecular complexity index is 321. The fourth-order valence-corrected chi connectivity index (χ4v) is 1.97. The minimum absolute atomic E-state index is 0.893. The molecule has 4 heteroatoms. The Kier molecular flexibility index (Phi) is 3.97. The molecule has 0 amide bonds. The van der Waals surface area contributed by atoms with Crippen LogP contribution in [0.5, 0.6) is 0 Å². The summed E-state index contributed by atoms with van der Waals surface area (Å²) in [5.74, 6) is 1.91. The van der Waals surface area contributed by atoms with E-state index in [0.29, 0.717) is 0 Å². The number of hydrogen-bond acceptors (Lipinski definition) is 4. The molecule has 1 aliphatic rings. The van der Waals surface area contributed by atoms with Gasteiger partial charge in [0.05, 0.1) is 12.4 Å². The second kappa shape index (κ2) is 5.68. The van der Waals surface area contributed by atoms with Gasteiger partial charge in [0.15, 0.2) is 0 Å². The molecule has 0 saturated carbocycles. The van der Waals surface area contributed by atoms with Crippen LogP contribution in [0.2, 0.25) is 0 Å². The van der Waals surface area contributed by atoms with E-state index in [1.807, 2.05) is 6.20 Å². The normalized spacial score (nSPS) is 16.2. The first-order valence-electron chi connectivity index (χ1n) is 6.21. The van der Waals surface area contributed by atoms with Crippen molar-refractivity contribution in [1.29, 1.82) is 0 Å². The van der Waals surface area contributed by atoms with E-state index in [0.717, 1.165) is 37.7 Å². The van der Waals surface area contributed by atoms with Gasteiger partial charge in [-0.15, -0.1) is 0 Å². The molecule has 2 heterocycles. The molecule has 0 aliphatic carbocycles. The van der Waals surface area contributed by atoms with Crippen molar-refractivity contribution >= 4 is 11.6 Å². The molecule has 1 fully saturated rings.